The van der Waals surface area contributed by atoms with Gasteiger partial charge in [-0.1, -0.05) is 35.0 Å². The van der Waals surface area contributed by atoms with Gasteiger partial charge in [0.1, 0.15) is 11.8 Å². The van der Waals surface area contributed by atoms with Crippen LogP contribution in [-0.4, -0.2) is 15.0 Å². The van der Waals surface area contributed by atoms with Gasteiger partial charge in [-0.05, 0) is 49.2 Å². The first-order valence-electron chi connectivity index (χ1n) is 6.79. The van der Waals surface area contributed by atoms with E-state index in [1.165, 1.54) is 5.56 Å². The molecule has 3 aromatic rings. The molecule has 0 unspecified atom stereocenters. The molecule has 0 aliphatic rings. The predicted molar refractivity (Wildman–Crippen MR) is 86.0 cm³/mol. The van der Waals surface area contributed by atoms with Crippen LogP contribution >= 0.6 is 11.6 Å². The molecule has 5 heteroatoms. The van der Waals surface area contributed by atoms with Crippen molar-refractivity contribution in [2.24, 2.45) is 0 Å². The molecule has 1 heterocycles. The number of aryl methyl sites for hydroxylation is 2. The van der Waals surface area contributed by atoms with Gasteiger partial charge >= 0.3 is 0 Å². The topological polar surface area (TPSA) is 54.5 Å². The second-order valence-electron chi connectivity index (χ2n) is 5.09. The largest absolute Gasteiger partial charge is 0.211 e. The minimum Gasteiger partial charge on any atom is -0.211 e. The van der Waals surface area contributed by atoms with Crippen LogP contribution in [0, 0.1) is 25.2 Å². The second kappa shape index (κ2) is 5.63. The van der Waals surface area contributed by atoms with Crippen molar-refractivity contribution in [3.8, 4) is 23.0 Å². The Labute approximate surface area is 133 Å². The third-order valence-electron chi connectivity index (χ3n) is 3.61. The van der Waals surface area contributed by atoms with Crippen LogP contribution in [0.25, 0.3) is 16.9 Å². The van der Waals surface area contributed by atoms with Gasteiger partial charge < -0.3 is 0 Å². The molecule has 0 aliphatic carbocycles. The zero-order valence-corrected chi connectivity index (χ0v) is 13.0. The summed E-state index contributed by atoms with van der Waals surface area (Å²) in [6.07, 6.45) is 0. The van der Waals surface area contributed by atoms with E-state index >= 15 is 0 Å². The van der Waals surface area contributed by atoms with E-state index in [0.29, 0.717) is 10.7 Å². The van der Waals surface area contributed by atoms with E-state index in [9.17, 15) is 5.26 Å². The fourth-order valence-corrected chi connectivity index (χ4v) is 2.48. The number of nitrogens with zero attached hydrogens (tertiary/aromatic N) is 4. The van der Waals surface area contributed by atoms with Crippen molar-refractivity contribution in [1.29, 1.82) is 5.26 Å². The van der Waals surface area contributed by atoms with Crippen molar-refractivity contribution in [3.63, 3.8) is 0 Å². The molecule has 0 saturated carbocycles. The molecule has 0 aliphatic heterocycles. The Morgan fingerprint density at radius 1 is 1.09 bits per heavy atom. The van der Waals surface area contributed by atoms with E-state index in [1.54, 1.807) is 16.8 Å². The quantitative estimate of drug-likeness (QED) is 0.717. The number of rotatable bonds is 2. The normalized spacial score (nSPS) is 10.5. The zero-order chi connectivity index (χ0) is 15.7. The standard InChI is InChI=1S/C17H13ClN4/c1-11-6-7-15(8-12(11)2)22-17(16(10-19)20-21-22)13-4-3-5-14(18)9-13/h3-9H,1-2H3. The first kappa shape index (κ1) is 14.3. The smallest absolute Gasteiger partial charge is 0.191 e. The van der Waals surface area contributed by atoms with Crippen LogP contribution in [0.5, 0.6) is 0 Å². The molecule has 0 saturated heterocycles. The summed E-state index contributed by atoms with van der Waals surface area (Å²) in [6.45, 7) is 4.10. The van der Waals surface area contributed by atoms with Gasteiger partial charge in [-0.3, -0.25) is 0 Å². The summed E-state index contributed by atoms with van der Waals surface area (Å²) >= 11 is 6.07. The van der Waals surface area contributed by atoms with E-state index in [1.807, 2.05) is 37.3 Å². The minimum absolute atomic E-state index is 0.278. The van der Waals surface area contributed by atoms with Crippen molar-refractivity contribution in [3.05, 3.63) is 64.3 Å². The molecule has 0 bridgehead atoms. The molecule has 0 spiro atoms. The maximum atomic E-state index is 9.31. The van der Waals surface area contributed by atoms with Gasteiger partial charge in [0.05, 0.1) is 5.69 Å². The van der Waals surface area contributed by atoms with Gasteiger partial charge in [-0.25, -0.2) is 4.68 Å². The second-order valence-corrected chi connectivity index (χ2v) is 5.53. The summed E-state index contributed by atoms with van der Waals surface area (Å²) in [6, 6.07) is 15.4. The maximum absolute atomic E-state index is 9.31. The third kappa shape index (κ3) is 2.47. The Morgan fingerprint density at radius 3 is 2.59 bits per heavy atom. The number of hydrogen-bond donors (Lipinski definition) is 0. The van der Waals surface area contributed by atoms with Crippen LogP contribution in [0.3, 0.4) is 0 Å². The highest BCUT2D eigenvalue weighted by Gasteiger charge is 2.16. The van der Waals surface area contributed by atoms with Crippen LogP contribution in [0.4, 0.5) is 0 Å². The molecule has 0 radical (unpaired) electrons. The lowest BCUT2D eigenvalue weighted by Crippen LogP contribution is -2.00. The molecule has 2 aromatic carbocycles. The number of aromatic nitrogens is 3. The van der Waals surface area contributed by atoms with Gasteiger partial charge in [0.25, 0.3) is 0 Å². The molecule has 0 amide bonds. The Hall–Kier alpha value is -2.64. The van der Waals surface area contributed by atoms with Crippen molar-refractivity contribution in [2.75, 3.05) is 0 Å². The Bertz CT molecular complexity index is 890. The third-order valence-corrected chi connectivity index (χ3v) is 3.84. The lowest BCUT2D eigenvalue weighted by atomic mass is 10.1. The molecule has 108 valence electrons. The summed E-state index contributed by atoms with van der Waals surface area (Å²) in [5.74, 6) is 0. The molecular weight excluding hydrogens is 296 g/mol. The van der Waals surface area contributed by atoms with Crippen LogP contribution in [0.2, 0.25) is 5.02 Å². The Kier molecular flexibility index (Phi) is 3.66. The first-order chi connectivity index (χ1) is 10.6. The van der Waals surface area contributed by atoms with Crippen molar-refractivity contribution in [2.45, 2.75) is 13.8 Å². The van der Waals surface area contributed by atoms with Gasteiger partial charge in [0.15, 0.2) is 5.69 Å². The summed E-state index contributed by atoms with van der Waals surface area (Å²) in [4.78, 5) is 0. The lowest BCUT2D eigenvalue weighted by molar-refractivity contribution is 0.805. The summed E-state index contributed by atoms with van der Waals surface area (Å²) in [5.41, 5.74) is 4.96. The van der Waals surface area contributed by atoms with Gasteiger partial charge in [-0.15, -0.1) is 5.10 Å². The van der Waals surface area contributed by atoms with Gasteiger partial charge in [0.2, 0.25) is 0 Å². The van der Waals surface area contributed by atoms with Crippen molar-refractivity contribution in [1.82, 2.24) is 15.0 Å². The van der Waals surface area contributed by atoms with Crippen LogP contribution in [0.1, 0.15) is 16.8 Å². The Morgan fingerprint density at radius 2 is 1.91 bits per heavy atom. The summed E-state index contributed by atoms with van der Waals surface area (Å²) in [7, 11) is 0. The first-order valence-corrected chi connectivity index (χ1v) is 7.17. The fourth-order valence-electron chi connectivity index (χ4n) is 2.29. The van der Waals surface area contributed by atoms with Gasteiger partial charge in [0, 0.05) is 10.6 Å². The molecule has 0 N–H and O–H groups in total. The van der Waals surface area contributed by atoms with E-state index < -0.39 is 0 Å². The highest BCUT2D eigenvalue weighted by atomic mass is 35.5. The van der Waals surface area contributed by atoms with E-state index in [4.69, 9.17) is 11.6 Å². The maximum Gasteiger partial charge on any atom is 0.191 e. The molecule has 1 aromatic heterocycles. The van der Waals surface area contributed by atoms with Gasteiger partial charge in [-0.2, -0.15) is 5.26 Å². The molecule has 0 fully saturated rings. The summed E-state index contributed by atoms with van der Waals surface area (Å²) in [5, 5.41) is 18.0. The van der Waals surface area contributed by atoms with E-state index in [0.717, 1.165) is 16.8 Å². The number of halogens is 1. The highest BCUT2D eigenvalue weighted by molar-refractivity contribution is 6.30. The monoisotopic (exact) mass is 308 g/mol. The molecule has 0 atom stereocenters. The van der Waals surface area contributed by atoms with Crippen LogP contribution in [-0.2, 0) is 0 Å². The molecule has 4 nitrogen and oxygen atoms in total. The number of hydrogen-bond acceptors (Lipinski definition) is 3. The van der Waals surface area contributed by atoms with Crippen molar-refractivity contribution >= 4 is 11.6 Å². The van der Waals surface area contributed by atoms with Crippen LogP contribution < -0.4 is 0 Å². The number of benzene rings is 2. The number of nitriles is 1. The molecule has 22 heavy (non-hydrogen) atoms. The SMILES string of the molecule is Cc1ccc(-n2nnc(C#N)c2-c2cccc(Cl)c2)cc1C. The molecule has 3 rings (SSSR count). The summed E-state index contributed by atoms with van der Waals surface area (Å²) < 4.78 is 1.68. The van der Waals surface area contributed by atoms with Crippen molar-refractivity contribution < 1.29 is 0 Å². The minimum atomic E-state index is 0.278. The van der Waals surface area contributed by atoms with Crippen LogP contribution in [0.15, 0.2) is 42.5 Å². The average Bonchev–Trinajstić information content (AvgIpc) is 2.94. The average molecular weight is 309 g/mol. The fraction of sp³-hybridized carbons (Fsp3) is 0.118. The zero-order valence-electron chi connectivity index (χ0n) is 12.2. The predicted octanol–water partition coefficient (Wildman–Crippen LogP) is 4.08. The molecular formula is C17H13ClN4. The van der Waals surface area contributed by atoms with E-state index in [2.05, 4.69) is 23.3 Å². The Balaban J connectivity index is 2.24. The highest BCUT2D eigenvalue weighted by Crippen LogP contribution is 2.27. The lowest BCUT2D eigenvalue weighted by Gasteiger charge is -2.09. The van der Waals surface area contributed by atoms with E-state index in [-0.39, 0.29) is 5.69 Å².